The number of nitrogens with zero attached hydrogens (tertiary/aromatic N) is 1. The van der Waals surface area contributed by atoms with Crippen molar-refractivity contribution in [2.24, 2.45) is 5.92 Å². The molecule has 1 aliphatic carbocycles. The van der Waals surface area contributed by atoms with Crippen LogP contribution in [0.4, 0.5) is 5.13 Å². The number of aromatic nitrogens is 1. The van der Waals surface area contributed by atoms with Crippen LogP contribution in [0.3, 0.4) is 0 Å². The number of hydrogen-bond donors (Lipinski definition) is 2. The van der Waals surface area contributed by atoms with E-state index in [9.17, 15) is 9.59 Å². The van der Waals surface area contributed by atoms with Gasteiger partial charge < -0.3 is 10.6 Å². The molecule has 1 unspecified atom stereocenters. The molecule has 6 heteroatoms. The number of nitrogens with one attached hydrogen (secondary N) is 2. The second kappa shape index (κ2) is 9.13. The Balaban J connectivity index is 1.46. The lowest BCUT2D eigenvalue weighted by atomic mass is 9.88. The Morgan fingerprint density at radius 2 is 2.11 bits per heavy atom. The molecule has 2 N–H and O–H groups in total. The summed E-state index contributed by atoms with van der Waals surface area (Å²) < 4.78 is 0. The third-order valence-corrected chi connectivity index (χ3v) is 6.05. The smallest absolute Gasteiger partial charge is 0.251 e. The van der Waals surface area contributed by atoms with Crippen LogP contribution in [0.5, 0.6) is 0 Å². The Kier molecular flexibility index (Phi) is 6.61. The first-order valence-electron chi connectivity index (χ1n) is 9.69. The average molecular weight is 386 g/mol. The van der Waals surface area contributed by atoms with E-state index in [1.54, 1.807) is 17.4 Å². The lowest BCUT2D eigenvalue weighted by molar-refractivity contribution is -0.116. The molecule has 2 aromatic rings. The number of thiazole rings is 1. The van der Waals surface area contributed by atoms with Gasteiger partial charge in [0.1, 0.15) is 0 Å². The van der Waals surface area contributed by atoms with E-state index in [1.165, 1.54) is 24.1 Å². The van der Waals surface area contributed by atoms with Crippen LogP contribution in [0.25, 0.3) is 0 Å². The lowest BCUT2D eigenvalue weighted by Gasteiger charge is -2.19. The molecule has 0 bridgehead atoms. The summed E-state index contributed by atoms with van der Waals surface area (Å²) in [5, 5.41) is 6.38. The van der Waals surface area contributed by atoms with Gasteiger partial charge in [-0.1, -0.05) is 38.0 Å². The molecule has 1 aromatic carbocycles. The Hall–Kier alpha value is -2.21. The van der Waals surface area contributed by atoms with Gasteiger partial charge in [0.25, 0.3) is 5.91 Å². The molecule has 0 fully saturated rings. The molecule has 5 nitrogen and oxygen atoms in total. The number of fused-ring (bicyclic) bond motifs is 1. The maximum absolute atomic E-state index is 12.2. The summed E-state index contributed by atoms with van der Waals surface area (Å²) in [5.74, 6) is 0.493. The van der Waals surface area contributed by atoms with E-state index in [0.29, 0.717) is 17.2 Å². The van der Waals surface area contributed by atoms with Crippen molar-refractivity contribution in [1.82, 2.24) is 10.3 Å². The number of amides is 2. The molecule has 0 aliphatic heterocycles. The van der Waals surface area contributed by atoms with Crippen LogP contribution < -0.4 is 10.6 Å². The number of rotatable bonds is 7. The molecular formula is C21H27N3O2S. The molecule has 3 rings (SSSR count). The highest BCUT2D eigenvalue weighted by atomic mass is 32.1. The summed E-state index contributed by atoms with van der Waals surface area (Å²) in [5.41, 5.74) is 2.72. The fourth-order valence-corrected chi connectivity index (χ4v) is 4.68. The Labute approximate surface area is 164 Å². The molecule has 1 atom stereocenters. The van der Waals surface area contributed by atoms with Crippen LogP contribution in [-0.4, -0.2) is 23.3 Å². The molecule has 1 aliphatic rings. The second-order valence-corrected chi connectivity index (χ2v) is 8.24. The summed E-state index contributed by atoms with van der Waals surface area (Å²) in [7, 11) is 0. The maximum atomic E-state index is 12.2. The topological polar surface area (TPSA) is 71.1 Å². The van der Waals surface area contributed by atoms with Crippen LogP contribution in [0.1, 0.15) is 59.1 Å². The van der Waals surface area contributed by atoms with Gasteiger partial charge in [0.2, 0.25) is 5.91 Å². The Bertz CT molecular complexity index is 816. The Morgan fingerprint density at radius 1 is 1.30 bits per heavy atom. The minimum absolute atomic E-state index is 0.115. The summed E-state index contributed by atoms with van der Waals surface area (Å²) in [4.78, 5) is 30.3. The van der Waals surface area contributed by atoms with Crippen LogP contribution in [0, 0.1) is 12.8 Å². The van der Waals surface area contributed by atoms with Crippen LogP contribution >= 0.6 is 11.3 Å². The van der Waals surface area contributed by atoms with E-state index in [4.69, 9.17) is 0 Å². The van der Waals surface area contributed by atoms with Crippen LogP contribution in [0.15, 0.2) is 24.3 Å². The molecule has 27 heavy (non-hydrogen) atoms. The monoisotopic (exact) mass is 385 g/mol. The number of anilines is 1. The largest absolute Gasteiger partial charge is 0.352 e. The predicted molar refractivity (Wildman–Crippen MR) is 109 cm³/mol. The first kappa shape index (κ1) is 19.5. The van der Waals surface area contributed by atoms with E-state index in [-0.39, 0.29) is 18.2 Å². The van der Waals surface area contributed by atoms with E-state index >= 15 is 0 Å². The van der Waals surface area contributed by atoms with Gasteiger partial charge >= 0.3 is 0 Å². The minimum Gasteiger partial charge on any atom is -0.352 e. The van der Waals surface area contributed by atoms with E-state index < -0.39 is 0 Å². The lowest BCUT2D eigenvalue weighted by Crippen LogP contribution is -2.28. The predicted octanol–water partition coefficient (Wildman–Crippen LogP) is 4.12. The standard InChI is InChI=1S/C21H27N3O2S/c1-3-6-15-9-10-17-18(13-15)27-21(23-17)24-19(25)11-12-22-20(26)16-8-5-4-7-14(16)2/h4-5,7-8,15H,3,6,9-13H2,1-2H3,(H,22,26)(H,23,24,25). The number of carbonyl (C=O) groups excluding carboxylic acids is 2. The van der Waals surface area contributed by atoms with Crippen molar-refractivity contribution in [3.63, 3.8) is 0 Å². The summed E-state index contributed by atoms with van der Waals surface area (Å²) in [6, 6.07) is 7.43. The zero-order chi connectivity index (χ0) is 19.2. The number of aryl methyl sites for hydroxylation is 2. The van der Waals surface area contributed by atoms with Gasteiger partial charge in [-0.05, 0) is 43.7 Å². The van der Waals surface area contributed by atoms with Crippen molar-refractivity contribution >= 4 is 28.3 Å². The van der Waals surface area contributed by atoms with Gasteiger partial charge in [-0.2, -0.15) is 0 Å². The number of benzene rings is 1. The van der Waals surface area contributed by atoms with Gasteiger partial charge in [-0.15, -0.1) is 11.3 Å². The zero-order valence-electron chi connectivity index (χ0n) is 16.0. The molecule has 0 saturated heterocycles. The molecule has 2 amide bonds. The summed E-state index contributed by atoms with van der Waals surface area (Å²) in [6.07, 6.45) is 6.02. The van der Waals surface area contributed by atoms with Crippen molar-refractivity contribution < 1.29 is 9.59 Å². The van der Waals surface area contributed by atoms with Crippen molar-refractivity contribution in [3.8, 4) is 0 Å². The first-order valence-corrected chi connectivity index (χ1v) is 10.5. The SMILES string of the molecule is CCCC1CCc2nc(NC(=O)CCNC(=O)c3ccccc3C)sc2C1. The number of carbonyl (C=O) groups is 2. The molecule has 0 saturated carbocycles. The molecule has 0 radical (unpaired) electrons. The molecule has 1 aromatic heterocycles. The third kappa shape index (κ3) is 5.16. The zero-order valence-corrected chi connectivity index (χ0v) is 16.8. The quantitative estimate of drug-likeness (QED) is 0.753. The van der Waals surface area contributed by atoms with Gasteiger partial charge in [-0.3, -0.25) is 9.59 Å². The number of hydrogen-bond acceptors (Lipinski definition) is 4. The van der Waals surface area contributed by atoms with Gasteiger partial charge in [0.15, 0.2) is 5.13 Å². The summed E-state index contributed by atoms with van der Waals surface area (Å²) in [6.45, 7) is 4.44. The van der Waals surface area contributed by atoms with E-state index in [1.807, 2.05) is 25.1 Å². The third-order valence-electron chi connectivity index (χ3n) is 5.01. The van der Waals surface area contributed by atoms with Gasteiger partial charge in [-0.25, -0.2) is 4.98 Å². The molecule has 144 valence electrons. The Morgan fingerprint density at radius 3 is 2.89 bits per heavy atom. The van der Waals surface area contributed by atoms with Crippen molar-refractivity contribution in [2.45, 2.75) is 52.4 Å². The average Bonchev–Trinajstić information content (AvgIpc) is 3.03. The molecule has 1 heterocycles. The van der Waals surface area contributed by atoms with Crippen LogP contribution in [0.2, 0.25) is 0 Å². The normalized spacial score (nSPS) is 15.9. The fourth-order valence-electron chi connectivity index (χ4n) is 3.55. The minimum atomic E-state index is -0.146. The van der Waals surface area contributed by atoms with Crippen molar-refractivity contribution in [3.05, 3.63) is 46.0 Å². The fraction of sp³-hybridized carbons (Fsp3) is 0.476. The van der Waals surface area contributed by atoms with Crippen molar-refractivity contribution in [2.75, 3.05) is 11.9 Å². The molecule has 0 spiro atoms. The first-order chi connectivity index (χ1) is 13.1. The maximum Gasteiger partial charge on any atom is 0.251 e. The van der Waals surface area contributed by atoms with Crippen molar-refractivity contribution in [1.29, 1.82) is 0 Å². The molecular weight excluding hydrogens is 358 g/mol. The second-order valence-electron chi connectivity index (χ2n) is 7.16. The highest BCUT2D eigenvalue weighted by Gasteiger charge is 2.22. The van der Waals surface area contributed by atoms with E-state index in [2.05, 4.69) is 22.5 Å². The highest BCUT2D eigenvalue weighted by molar-refractivity contribution is 7.15. The van der Waals surface area contributed by atoms with E-state index in [0.717, 1.165) is 30.0 Å². The van der Waals surface area contributed by atoms with Gasteiger partial charge in [0.05, 0.1) is 5.69 Å². The van der Waals surface area contributed by atoms with Crippen LogP contribution in [-0.2, 0) is 17.6 Å². The summed E-state index contributed by atoms with van der Waals surface area (Å²) >= 11 is 1.60. The van der Waals surface area contributed by atoms with Gasteiger partial charge in [0, 0.05) is 23.4 Å². The highest BCUT2D eigenvalue weighted by Crippen LogP contribution is 2.34.